The maximum Gasteiger partial charge on any atom is 0.407 e. The first-order valence-corrected chi connectivity index (χ1v) is 12.0. The number of nitrogens with zero attached hydrogens (tertiary/aromatic N) is 2. The van der Waals surface area contributed by atoms with Gasteiger partial charge in [-0.25, -0.2) is 4.79 Å². The normalized spacial score (nSPS) is 24.8. The third kappa shape index (κ3) is 6.40. The summed E-state index contributed by atoms with van der Waals surface area (Å²) in [7, 11) is -3.59. The van der Waals surface area contributed by atoms with Crippen LogP contribution in [0.4, 0.5) is 4.79 Å². The second-order valence-corrected chi connectivity index (χ2v) is 9.40. The summed E-state index contributed by atoms with van der Waals surface area (Å²) >= 11 is 0. The van der Waals surface area contributed by atoms with Crippen molar-refractivity contribution in [2.75, 3.05) is 39.0 Å². The van der Waals surface area contributed by atoms with Crippen LogP contribution >= 0.6 is 0 Å². The third-order valence-corrected chi connectivity index (χ3v) is 6.08. The molecule has 2 aliphatic heterocycles. The molecule has 0 bridgehead atoms. The number of hydrogen-bond acceptors (Lipinski definition) is 7. The number of carbonyl (C=O) groups excluding carboxylic acids is 1. The van der Waals surface area contributed by atoms with Crippen molar-refractivity contribution in [3.63, 3.8) is 0 Å². The van der Waals surface area contributed by atoms with Crippen molar-refractivity contribution in [1.82, 2.24) is 15.1 Å². The highest BCUT2D eigenvalue weighted by Gasteiger charge is 2.42. The first-order chi connectivity index (χ1) is 13.9. The predicted molar refractivity (Wildman–Crippen MR) is 110 cm³/mol. The topological polar surface area (TPSA) is 88.2 Å². The summed E-state index contributed by atoms with van der Waals surface area (Å²) in [5.74, 6) is 0. The Kier molecular flexibility index (Phi) is 7.50. The van der Waals surface area contributed by atoms with Crippen LogP contribution in [0.15, 0.2) is 30.3 Å². The molecule has 3 unspecified atom stereocenters. The average molecular weight is 426 g/mol. The minimum Gasteiger partial charge on any atom is -0.441 e. The molecule has 3 rings (SSSR count). The summed E-state index contributed by atoms with van der Waals surface area (Å²) in [6, 6.07) is 10.2. The number of nitrogens with one attached hydrogen (secondary N) is 1. The monoisotopic (exact) mass is 425 g/mol. The van der Waals surface area contributed by atoms with Gasteiger partial charge in [0.2, 0.25) is 0 Å². The molecule has 2 fully saturated rings. The lowest BCUT2D eigenvalue weighted by Crippen LogP contribution is -2.58. The van der Waals surface area contributed by atoms with Crippen molar-refractivity contribution in [1.29, 1.82) is 0 Å². The lowest BCUT2D eigenvalue weighted by molar-refractivity contribution is 0.0391. The van der Waals surface area contributed by atoms with Gasteiger partial charge in [0.05, 0.1) is 12.3 Å². The van der Waals surface area contributed by atoms with E-state index in [9.17, 15) is 13.2 Å². The molecule has 9 heteroatoms. The molecule has 0 aromatic heterocycles. The highest BCUT2D eigenvalue weighted by molar-refractivity contribution is 7.85. The van der Waals surface area contributed by atoms with Crippen molar-refractivity contribution in [3.05, 3.63) is 35.9 Å². The zero-order valence-corrected chi connectivity index (χ0v) is 17.9. The first kappa shape index (κ1) is 22.0. The molecule has 162 valence electrons. The Morgan fingerprint density at radius 3 is 2.52 bits per heavy atom. The van der Waals surface area contributed by atoms with Gasteiger partial charge in [-0.3, -0.25) is 14.0 Å². The van der Waals surface area contributed by atoms with Crippen LogP contribution in [0.2, 0.25) is 0 Å². The van der Waals surface area contributed by atoms with Gasteiger partial charge in [0.1, 0.15) is 6.61 Å². The molecule has 29 heavy (non-hydrogen) atoms. The predicted octanol–water partition coefficient (Wildman–Crippen LogP) is 1.43. The van der Waals surface area contributed by atoms with Crippen molar-refractivity contribution in [2.45, 2.75) is 44.5 Å². The Morgan fingerprint density at radius 2 is 1.90 bits per heavy atom. The van der Waals surface area contributed by atoms with Crippen molar-refractivity contribution in [2.24, 2.45) is 0 Å². The Morgan fingerprint density at radius 1 is 1.21 bits per heavy atom. The molecule has 0 saturated carbocycles. The molecular weight excluding hydrogens is 394 g/mol. The summed E-state index contributed by atoms with van der Waals surface area (Å²) in [6.07, 6.45) is 1.72. The standard InChI is InChI=1S/C20H31N3O5S/c1-3-7-17(19-18(28-20(24)21-19)15-27-29(2,25)26)23-12-10-22(11-13-23)14-16-8-5-4-6-9-16/h4-6,8-9,17-19H,3,7,10-15H2,1-2H3,(H,21,24). The lowest BCUT2D eigenvalue weighted by Gasteiger charge is -2.42. The van der Waals surface area contributed by atoms with Crippen molar-refractivity contribution in [3.8, 4) is 0 Å². The Balaban J connectivity index is 1.60. The fourth-order valence-corrected chi connectivity index (χ4v) is 4.51. The fraction of sp³-hybridized carbons (Fsp3) is 0.650. The van der Waals surface area contributed by atoms with E-state index in [0.717, 1.165) is 51.8 Å². The van der Waals surface area contributed by atoms with Crippen LogP contribution in [-0.2, 0) is 25.6 Å². The minimum atomic E-state index is -3.59. The van der Waals surface area contributed by atoms with Gasteiger partial charge in [-0.15, -0.1) is 0 Å². The molecule has 8 nitrogen and oxygen atoms in total. The second-order valence-electron chi connectivity index (χ2n) is 7.76. The van der Waals surface area contributed by atoms with E-state index in [1.165, 1.54) is 5.56 Å². The molecule has 0 radical (unpaired) electrons. The number of benzene rings is 1. The summed E-state index contributed by atoms with van der Waals surface area (Å²) in [5, 5.41) is 2.88. The number of piperazine rings is 1. The van der Waals surface area contributed by atoms with Gasteiger partial charge in [0.15, 0.2) is 6.10 Å². The number of cyclic esters (lactones) is 1. The summed E-state index contributed by atoms with van der Waals surface area (Å²) < 4.78 is 33.0. The molecule has 0 aliphatic carbocycles. The highest BCUT2D eigenvalue weighted by Crippen LogP contribution is 2.23. The zero-order valence-electron chi connectivity index (χ0n) is 17.1. The highest BCUT2D eigenvalue weighted by atomic mass is 32.2. The number of carbonyl (C=O) groups is 1. The third-order valence-electron chi connectivity index (χ3n) is 5.51. The number of amides is 1. The molecule has 3 atom stereocenters. The second kappa shape index (κ2) is 9.88. The van der Waals surface area contributed by atoms with Crippen molar-refractivity contribution < 1.29 is 22.1 Å². The lowest BCUT2D eigenvalue weighted by atomic mass is 9.96. The number of ether oxygens (including phenoxy) is 1. The Bertz CT molecular complexity index is 766. The van der Waals surface area contributed by atoms with E-state index in [0.29, 0.717) is 0 Å². The van der Waals surface area contributed by atoms with Crippen LogP contribution in [0.1, 0.15) is 25.3 Å². The van der Waals surface area contributed by atoms with E-state index in [2.05, 4.69) is 46.3 Å². The maximum atomic E-state index is 11.9. The van der Waals surface area contributed by atoms with Gasteiger partial charge >= 0.3 is 6.09 Å². The molecule has 2 aliphatic rings. The largest absolute Gasteiger partial charge is 0.441 e. The molecule has 0 spiro atoms. The zero-order chi connectivity index (χ0) is 20.9. The molecule has 1 N–H and O–H groups in total. The van der Waals surface area contributed by atoms with Crippen LogP contribution in [0.3, 0.4) is 0 Å². The van der Waals surface area contributed by atoms with E-state index in [1.807, 2.05) is 6.07 Å². The number of rotatable bonds is 9. The van der Waals surface area contributed by atoms with Gasteiger partial charge in [0.25, 0.3) is 10.1 Å². The van der Waals surface area contributed by atoms with E-state index >= 15 is 0 Å². The van der Waals surface area contributed by atoms with E-state index in [-0.39, 0.29) is 18.7 Å². The van der Waals surface area contributed by atoms with Gasteiger partial charge in [-0.1, -0.05) is 43.7 Å². The van der Waals surface area contributed by atoms with Crippen LogP contribution < -0.4 is 5.32 Å². The summed E-state index contributed by atoms with van der Waals surface area (Å²) in [6.45, 7) is 6.56. The quantitative estimate of drug-likeness (QED) is 0.599. The van der Waals surface area contributed by atoms with Crippen LogP contribution in [-0.4, -0.2) is 81.5 Å². The van der Waals surface area contributed by atoms with E-state index < -0.39 is 22.3 Å². The summed E-state index contributed by atoms with van der Waals surface area (Å²) in [4.78, 5) is 16.7. The molecule has 2 saturated heterocycles. The smallest absolute Gasteiger partial charge is 0.407 e. The van der Waals surface area contributed by atoms with E-state index in [1.54, 1.807) is 0 Å². The van der Waals surface area contributed by atoms with Crippen molar-refractivity contribution >= 4 is 16.2 Å². The summed E-state index contributed by atoms with van der Waals surface area (Å²) in [5.41, 5.74) is 1.31. The van der Waals surface area contributed by atoms with E-state index in [4.69, 9.17) is 8.92 Å². The Labute approximate surface area is 173 Å². The van der Waals surface area contributed by atoms with Gasteiger partial charge < -0.3 is 10.1 Å². The molecule has 1 aromatic carbocycles. The van der Waals surface area contributed by atoms with Crippen LogP contribution in [0, 0.1) is 0 Å². The van der Waals surface area contributed by atoms with Crippen LogP contribution in [0.5, 0.6) is 0 Å². The molecule has 2 heterocycles. The average Bonchev–Trinajstić information content (AvgIpc) is 3.06. The van der Waals surface area contributed by atoms with Crippen LogP contribution in [0.25, 0.3) is 0 Å². The number of hydrogen-bond donors (Lipinski definition) is 1. The maximum absolute atomic E-state index is 11.9. The fourth-order valence-electron chi connectivity index (χ4n) is 4.13. The molecular formula is C20H31N3O5S. The molecule has 1 aromatic rings. The van der Waals surface area contributed by atoms with Gasteiger partial charge in [0, 0.05) is 38.8 Å². The molecule has 1 amide bonds. The van der Waals surface area contributed by atoms with Gasteiger partial charge in [-0.2, -0.15) is 8.42 Å². The van der Waals surface area contributed by atoms with Gasteiger partial charge in [-0.05, 0) is 12.0 Å². The SMILES string of the molecule is CCCC(C1NC(=O)OC1COS(C)(=O)=O)N1CCN(Cc2ccccc2)CC1. The minimum absolute atomic E-state index is 0.0819. The number of alkyl carbamates (subject to hydrolysis) is 1. The Hall–Kier alpha value is -1.68. The first-order valence-electron chi connectivity index (χ1n) is 10.2.